The fourth-order valence-corrected chi connectivity index (χ4v) is 2.30. The van der Waals surface area contributed by atoms with Gasteiger partial charge in [-0.2, -0.15) is 0 Å². The van der Waals surface area contributed by atoms with Gasteiger partial charge in [0.2, 0.25) is 0 Å². The highest BCUT2D eigenvalue weighted by Crippen LogP contribution is 2.28. The summed E-state index contributed by atoms with van der Waals surface area (Å²) in [7, 11) is 0. The molecule has 0 fully saturated rings. The highest BCUT2D eigenvalue weighted by Gasteiger charge is 2.15. The van der Waals surface area contributed by atoms with Gasteiger partial charge in [-0.25, -0.2) is 0 Å². The summed E-state index contributed by atoms with van der Waals surface area (Å²) in [6.07, 6.45) is 5.63. The predicted molar refractivity (Wildman–Crippen MR) is 82.4 cm³/mol. The van der Waals surface area contributed by atoms with Crippen molar-refractivity contribution in [2.75, 3.05) is 11.9 Å². The largest absolute Gasteiger partial charge is 0.493 e. The van der Waals surface area contributed by atoms with Gasteiger partial charge < -0.3 is 10.1 Å². The zero-order chi connectivity index (χ0) is 14.7. The molecule has 0 saturated carbocycles. The number of rotatable bonds is 2. The van der Waals surface area contributed by atoms with Crippen LogP contribution >= 0.6 is 11.6 Å². The zero-order valence-electron chi connectivity index (χ0n) is 11.2. The van der Waals surface area contributed by atoms with Crippen LogP contribution in [0.4, 0.5) is 5.69 Å². The first-order valence-electron chi connectivity index (χ1n) is 6.57. The minimum atomic E-state index is -0.153. The second kappa shape index (κ2) is 5.97. The third-order valence-electron chi connectivity index (χ3n) is 3.14. The molecule has 0 aliphatic carbocycles. The number of pyridine rings is 1. The molecule has 5 heteroatoms. The summed E-state index contributed by atoms with van der Waals surface area (Å²) in [5.74, 6) is 0.586. The van der Waals surface area contributed by atoms with Crippen molar-refractivity contribution >= 4 is 29.3 Å². The summed E-state index contributed by atoms with van der Waals surface area (Å²) >= 11 is 5.99. The monoisotopic (exact) mass is 300 g/mol. The van der Waals surface area contributed by atoms with Crippen molar-refractivity contribution in [2.24, 2.45) is 0 Å². The van der Waals surface area contributed by atoms with Gasteiger partial charge in [0.1, 0.15) is 5.75 Å². The number of amides is 1. The minimum absolute atomic E-state index is 0.153. The van der Waals surface area contributed by atoms with E-state index in [0.29, 0.717) is 29.3 Å². The van der Waals surface area contributed by atoms with E-state index in [1.54, 1.807) is 36.7 Å². The molecular weight excluding hydrogens is 288 g/mol. The van der Waals surface area contributed by atoms with Crippen molar-refractivity contribution in [3.05, 3.63) is 58.9 Å². The minimum Gasteiger partial charge on any atom is -0.493 e. The maximum absolute atomic E-state index is 12.3. The van der Waals surface area contributed by atoms with Gasteiger partial charge in [0.25, 0.3) is 5.91 Å². The van der Waals surface area contributed by atoms with Crippen LogP contribution < -0.4 is 10.1 Å². The molecule has 0 spiro atoms. The van der Waals surface area contributed by atoms with Crippen LogP contribution in [0.25, 0.3) is 6.08 Å². The average molecular weight is 301 g/mol. The first kappa shape index (κ1) is 13.6. The average Bonchev–Trinajstić information content (AvgIpc) is 2.70. The second-order valence-corrected chi connectivity index (χ2v) is 5.08. The fourth-order valence-electron chi connectivity index (χ4n) is 2.12. The quantitative estimate of drug-likeness (QED) is 0.923. The number of benzene rings is 1. The number of carbonyl (C=O) groups excluding carboxylic acids is 1. The summed E-state index contributed by atoms with van der Waals surface area (Å²) in [5, 5.41) is 3.44. The van der Waals surface area contributed by atoms with Crippen LogP contribution in [-0.2, 0) is 4.79 Å². The van der Waals surface area contributed by atoms with E-state index in [1.807, 2.05) is 12.1 Å². The van der Waals surface area contributed by atoms with Crippen LogP contribution in [0.3, 0.4) is 0 Å². The maximum atomic E-state index is 12.3. The van der Waals surface area contributed by atoms with Gasteiger partial charge in [0, 0.05) is 28.8 Å². The lowest BCUT2D eigenvalue weighted by molar-refractivity contribution is -0.113. The molecule has 106 valence electrons. The Morgan fingerprint density at radius 3 is 3.05 bits per heavy atom. The first-order chi connectivity index (χ1) is 10.2. The van der Waals surface area contributed by atoms with Crippen LogP contribution in [0.2, 0.25) is 5.02 Å². The number of ether oxygens (including phenoxy) is 1. The summed E-state index contributed by atoms with van der Waals surface area (Å²) in [6.45, 7) is 0.459. The molecular formula is C16H13ClN2O2. The number of carbonyl (C=O) groups is 1. The van der Waals surface area contributed by atoms with Gasteiger partial charge in [-0.1, -0.05) is 11.6 Å². The van der Waals surface area contributed by atoms with Crippen molar-refractivity contribution in [3.8, 4) is 5.75 Å². The number of nitrogens with zero attached hydrogens (tertiary/aromatic N) is 1. The summed E-state index contributed by atoms with van der Waals surface area (Å²) in [5.41, 5.74) is 2.14. The Hall–Kier alpha value is -2.33. The fraction of sp³-hybridized carbons (Fsp3) is 0.125. The van der Waals surface area contributed by atoms with E-state index >= 15 is 0 Å². The van der Waals surface area contributed by atoms with E-state index in [0.717, 1.165) is 11.3 Å². The Kier molecular flexibility index (Phi) is 3.88. The molecule has 0 bridgehead atoms. The SMILES string of the molecule is O=C(Nc1cccnc1)C1=Cc2cc(Cl)ccc2OCC1. The van der Waals surface area contributed by atoms with E-state index in [2.05, 4.69) is 10.3 Å². The van der Waals surface area contributed by atoms with Gasteiger partial charge in [0.15, 0.2) is 0 Å². The van der Waals surface area contributed by atoms with E-state index < -0.39 is 0 Å². The van der Waals surface area contributed by atoms with Crippen LogP contribution in [0.5, 0.6) is 5.75 Å². The number of fused-ring (bicyclic) bond motifs is 1. The van der Waals surface area contributed by atoms with E-state index in [-0.39, 0.29) is 5.91 Å². The number of aromatic nitrogens is 1. The Labute approximate surface area is 127 Å². The molecule has 0 unspecified atom stereocenters. The number of halogens is 1. The molecule has 1 amide bonds. The summed E-state index contributed by atoms with van der Waals surface area (Å²) < 4.78 is 5.63. The number of hydrogen-bond acceptors (Lipinski definition) is 3. The first-order valence-corrected chi connectivity index (χ1v) is 6.94. The zero-order valence-corrected chi connectivity index (χ0v) is 11.9. The lowest BCUT2D eigenvalue weighted by Gasteiger charge is -2.06. The van der Waals surface area contributed by atoms with Gasteiger partial charge >= 0.3 is 0 Å². The van der Waals surface area contributed by atoms with Gasteiger partial charge in [0.05, 0.1) is 18.5 Å². The van der Waals surface area contributed by atoms with Crippen LogP contribution in [0.1, 0.15) is 12.0 Å². The topological polar surface area (TPSA) is 51.2 Å². The molecule has 1 aliphatic heterocycles. The molecule has 0 saturated heterocycles. The Balaban J connectivity index is 1.86. The Bertz CT molecular complexity index is 699. The highest BCUT2D eigenvalue weighted by molar-refractivity contribution is 6.30. The molecule has 2 aromatic rings. The molecule has 1 aromatic carbocycles. The molecule has 21 heavy (non-hydrogen) atoms. The molecule has 0 atom stereocenters. The molecule has 0 radical (unpaired) electrons. The highest BCUT2D eigenvalue weighted by atomic mass is 35.5. The predicted octanol–water partition coefficient (Wildman–Crippen LogP) is 3.54. The van der Waals surface area contributed by atoms with Crippen molar-refractivity contribution < 1.29 is 9.53 Å². The second-order valence-electron chi connectivity index (χ2n) is 4.65. The normalized spacial score (nSPS) is 13.5. The number of hydrogen-bond donors (Lipinski definition) is 1. The number of anilines is 1. The van der Waals surface area contributed by atoms with Crippen molar-refractivity contribution in [1.82, 2.24) is 4.98 Å². The van der Waals surface area contributed by atoms with E-state index in [9.17, 15) is 4.79 Å². The standard InChI is InChI=1S/C16H13ClN2O2/c17-13-3-4-15-12(9-13)8-11(5-7-21-15)16(20)19-14-2-1-6-18-10-14/h1-4,6,8-10H,5,7H2,(H,19,20). The molecule has 4 nitrogen and oxygen atoms in total. The van der Waals surface area contributed by atoms with E-state index in [1.165, 1.54) is 0 Å². The molecule has 1 aromatic heterocycles. The maximum Gasteiger partial charge on any atom is 0.251 e. The summed E-state index contributed by atoms with van der Waals surface area (Å²) in [6, 6.07) is 8.95. The van der Waals surface area contributed by atoms with Crippen LogP contribution in [-0.4, -0.2) is 17.5 Å². The van der Waals surface area contributed by atoms with Crippen molar-refractivity contribution in [1.29, 1.82) is 0 Å². The lowest BCUT2D eigenvalue weighted by Crippen LogP contribution is -2.15. The molecule has 3 rings (SSSR count). The van der Waals surface area contributed by atoms with Crippen molar-refractivity contribution in [3.63, 3.8) is 0 Å². The smallest absolute Gasteiger partial charge is 0.251 e. The van der Waals surface area contributed by atoms with Crippen LogP contribution in [0.15, 0.2) is 48.3 Å². The van der Waals surface area contributed by atoms with Gasteiger partial charge in [-0.3, -0.25) is 9.78 Å². The van der Waals surface area contributed by atoms with E-state index in [4.69, 9.17) is 16.3 Å². The molecule has 2 heterocycles. The Morgan fingerprint density at radius 1 is 1.33 bits per heavy atom. The lowest BCUT2D eigenvalue weighted by atomic mass is 10.1. The van der Waals surface area contributed by atoms with Gasteiger partial charge in [-0.05, 0) is 36.4 Å². The summed E-state index contributed by atoms with van der Waals surface area (Å²) in [4.78, 5) is 16.3. The van der Waals surface area contributed by atoms with Gasteiger partial charge in [-0.15, -0.1) is 0 Å². The molecule has 1 N–H and O–H groups in total. The van der Waals surface area contributed by atoms with Crippen LogP contribution in [0, 0.1) is 0 Å². The third kappa shape index (κ3) is 3.23. The molecule has 1 aliphatic rings. The number of nitrogens with one attached hydrogen (secondary N) is 1. The Morgan fingerprint density at radius 2 is 2.24 bits per heavy atom. The third-order valence-corrected chi connectivity index (χ3v) is 3.38. The van der Waals surface area contributed by atoms with Crippen molar-refractivity contribution in [2.45, 2.75) is 6.42 Å².